The number of benzene rings is 1. The topological polar surface area (TPSA) is 52.0 Å². The van der Waals surface area contributed by atoms with Crippen LogP contribution in [0.3, 0.4) is 0 Å². The van der Waals surface area contributed by atoms with E-state index in [1.807, 2.05) is 12.1 Å². The molecule has 3 heteroatoms. The molecule has 0 atom stereocenters. The standard InChI is InChI=1S/C12H14N2O/c1-2-9-3-5-10(6-4-9)11-8-14-12(7-13)15-11/h3-6,8H,2,7,13H2,1H3. The van der Waals surface area contributed by atoms with Gasteiger partial charge in [0.25, 0.3) is 0 Å². The fourth-order valence-electron chi connectivity index (χ4n) is 1.44. The summed E-state index contributed by atoms with van der Waals surface area (Å²) in [6.07, 6.45) is 2.76. The van der Waals surface area contributed by atoms with Crippen molar-refractivity contribution >= 4 is 0 Å². The van der Waals surface area contributed by atoms with E-state index in [9.17, 15) is 0 Å². The van der Waals surface area contributed by atoms with E-state index in [-0.39, 0.29) is 0 Å². The lowest BCUT2D eigenvalue weighted by molar-refractivity contribution is 0.509. The number of aryl methyl sites for hydroxylation is 1. The van der Waals surface area contributed by atoms with Crippen LogP contribution in [0.25, 0.3) is 11.3 Å². The molecule has 1 aromatic heterocycles. The number of oxazole rings is 1. The van der Waals surface area contributed by atoms with Gasteiger partial charge in [0.05, 0.1) is 12.7 Å². The van der Waals surface area contributed by atoms with Crippen molar-refractivity contribution in [1.29, 1.82) is 0 Å². The zero-order valence-electron chi connectivity index (χ0n) is 8.73. The van der Waals surface area contributed by atoms with Crippen molar-refractivity contribution in [2.75, 3.05) is 0 Å². The lowest BCUT2D eigenvalue weighted by Gasteiger charge is -1.98. The van der Waals surface area contributed by atoms with E-state index >= 15 is 0 Å². The van der Waals surface area contributed by atoms with Crippen molar-refractivity contribution in [3.05, 3.63) is 41.9 Å². The lowest BCUT2D eigenvalue weighted by atomic mass is 10.1. The molecule has 78 valence electrons. The SMILES string of the molecule is CCc1ccc(-c2cnc(CN)o2)cc1. The van der Waals surface area contributed by atoms with Gasteiger partial charge in [-0.3, -0.25) is 0 Å². The molecule has 0 fully saturated rings. The first-order chi connectivity index (χ1) is 7.33. The molecule has 0 saturated heterocycles. The molecule has 0 saturated carbocycles. The molecule has 0 aliphatic rings. The number of hydrogen-bond donors (Lipinski definition) is 1. The highest BCUT2D eigenvalue weighted by Crippen LogP contribution is 2.20. The van der Waals surface area contributed by atoms with Crippen LogP contribution in [0, 0.1) is 0 Å². The lowest BCUT2D eigenvalue weighted by Crippen LogP contribution is -1.94. The highest BCUT2D eigenvalue weighted by atomic mass is 16.4. The Hall–Kier alpha value is -1.61. The summed E-state index contributed by atoms with van der Waals surface area (Å²) in [7, 11) is 0. The molecule has 2 N–H and O–H groups in total. The Labute approximate surface area is 88.9 Å². The molecule has 3 nitrogen and oxygen atoms in total. The van der Waals surface area contributed by atoms with Crippen molar-refractivity contribution in [3.8, 4) is 11.3 Å². The van der Waals surface area contributed by atoms with Gasteiger partial charge in [0.2, 0.25) is 5.89 Å². The van der Waals surface area contributed by atoms with Crippen LogP contribution in [0.5, 0.6) is 0 Å². The highest BCUT2D eigenvalue weighted by Gasteiger charge is 2.04. The van der Waals surface area contributed by atoms with Crippen LogP contribution in [-0.2, 0) is 13.0 Å². The van der Waals surface area contributed by atoms with Crippen molar-refractivity contribution in [2.24, 2.45) is 5.73 Å². The molecule has 0 bridgehead atoms. The average Bonchev–Trinajstić information content (AvgIpc) is 2.78. The van der Waals surface area contributed by atoms with Gasteiger partial charge in [-0.15, -0.1) is 0 Å². The van der Waals surface area contributed by atoms with Crippen LogP contribution >= 0.6 is 0 Å². The highest BCUT2D eigenvalue weighted by molar-refractivity contribution is 5.56. The van der Waals surface area contributed by atoms with Crippen molar-refractivity contribution in [3.63, 3.8) is 0 Å². The molecule has 15 heavy (non-hydrogen) atoms. The summed E-state index contributed by atoms with van der Waals surface area (Å²) in [5, 5.41) is 0. The normalized spacial score (nSPS) is 10.5. The molecule has 0 amide bonds. The van der Waals surface area contributed by atoms with Gasteiger partial charge in [0, 0.05) is 5.56 Å². The molecule has 2 aromatic rings. The summed E-state index contributed by atoms with van der Waals surface area (Å²) in [6, 6.07) is 8.28. The molecule has 0 unspecified atom stereocenters. The molecular formula is C12H14N2O. The zero-order chi connectivity index (χ0) is 10.7. The monoisotopic (exact) mass is 202 g/mol. The van der Waals surface area contributed by atoms with E-state index in [0.717, 1.165) is 17.7 Å². The van der Waals surface area contributed by atoms with E-state index in [0.29, 0.717) is 12.4 Å². The Morgan fingerprint density at radius 2 is 2.00 bits per heavy atom. The van der Waals surface area contributed by atoms with Gasteiger partial charge in [0.1, 0.15) is 0 Å². The number of nitrogens with two attached hydrogens (primary N) is 1. The first-order valence-corrected chi connectivity index (χ1v) is 5.07. The maximum Gasteiger partial charge on any atom is 0.208 e. The van der Waals surface area contributed by atoms with E-state index in [4.69, 9.17) is 10.2 Å². The predicted octanol–water partition coefficient (Wildman–Crippen LogP) is 2.36. The van der Waals surface area contributed by atoms with Gasteiger partial charge < -0.3 is 10.2 Å². The van der Waals surface area contributed by atoms with Gasteiger partial charge in [0.15, 0.2) is 5.76 Å². The minimum absolute atomic E-state index is 0.340. The number of hydrogen-bond acceptors (Lipinski definition) is 3. The summed E-state index contributed by atoms with van der Waals surface area (Å²) in [4.78, 5) is 4.06. The first kappa shape index (κ1) is 9.93. The second-order valence-electron chi connectivity index (χ2n) is 3.37. The van der Waals surface area contributed by atoms with Crippen LogP contribution in [0.15, 0.2) is 34.9 Å². The number of rotatable bonds is 3. The fraction of sp³-hybridized carbons (Fsp3) is 0.250. The van der Waals surface area contributed by atoms with Gasteiger partial charge in [-0.25, -0.2) is 4.98 Å². The van der Waals surface area contributed by atoms with E-state index in [2.05, 4.69) is 24.0 Å². The molecule has 0 aliphatic heterocycles. The average molecular weight is 202 g/mol. The molecule has 2 rings (SSSR count). The van der Waals surface area contributed by atoms with E-state index in [1.54, 1.807) is 6.20 Å². The zero-order valence-corrected chi connectivity index (χ0v) is 8.73. The van der Waals surface area contributed by atoms with Gasteiger partial charge in [-0.05, 0) is 12.0 Å². The van der Waals surface area contributed by atoms with Crippen LogP contribution < -0.4 is 5.73 Å². The molecule has 0 spiro atoms. The third kappa shape index (κ3) is 2.07. The summed E-state index contributed by atoms with van der Waals surface area (Å²) in [5.74, 6) is 1.35. The molecule has 0 radical (unpaired) electrons. The van der Waals surface area contributed by atoms with Gasteiger partial charge >= 0.3 is 0 Å². The van der Waals surface area contributed by atoms with Crippen LogP contribution in [0.1, 0.15) is 18.4 Å². The van der Waals surface area contributed by atoms with Crippen molar-refractivity contribution < 1.29 is 4.42 Å². The fourth-order valence-corrected chi connectivity index (χ4v) is 1.44. The van der Waals surface area contributed by atoms with Crippen molar-refractivity contribution in [1.82, 2.24) is 4.98 Å². The summed E-state index contributed by atoms with van der Waals surface area (Å²) in [6.45, 7) is 2.48. The van der Waals surface area contributed by atoms with Crippen LogP contribution in [0.4, 0.5) is 0 Å². The minimum Gasteiger partial charge on any atom is -0.439 e. The molecule has 1 heterocycles. The Balaban J connectivity index is 2.28. The third-order valence-corrected chi connectivity index (χ3v) is 2.37. The Bertz CT molecular complexity index is 431. The second-order valence-corrected chi connectivity index (χ2v) is 3.37. The number of aromatic nitrogens is 1. The smallest absolute Gasteiger partial charge is 0.208 e. The molecule has 0 aliphatic carbocycles. The third-order valence-electron chi connectivity index (χ3n) is 2.37. The van der Waals surface area contributed by atoms with Crippen molar-refractivity contribution in [2.45, 2.75) is 19.9 Å². The van der Waals surface area contributed by atoms with Gasteiger partial charge in [-0.1, -0.05) is 31.2 Å². The summed E-state index contributed by atoms with van der Waals surface area (Å²) >= 11 is 0. The number of nitrogens with zero attached hydrogens (tertiary/aromatic N) is 1. The second kappa shape index (κ2) is 4.28. The Kier molecular flexibility index (Phi) is 2.83. The quantitative estimate of drug-likeness (QED) is 0.831. The van der Waals surface area contributed by atoms with Gasteiger partial charge in [-0.2, -0.15) is 0 Å². The van der Waals surface area contributed by atoms with E-state index in [1.165, 1.54) is 5.56 Å². The largest absolute Gasteiger partial charge is 0.439 e. The van der Waals surface area contributed by atoms with Crippen LogP contribution in [0.2, 0.25) is 0 Å². The maximum absolute atomic E-state index is 5.46. The van der Waals surface area contributed by atoms with Crippen LogP contribution in [-0.4, -0.2) is 4.98 Å². The summed E-state index contributed by atoms with van der Waals surface area (Å²) < 4.78 is 5.46. The Morgan fingerprint density at radius 1 is 1.27 bits per heavy atom. The molecule has 1 aromatic carbocycles. The summed E-state index contributed by atoms with van der Waals surface area (Å²) in [5.41, 5.74) is 7.79. The minimum atomic E-state index is 0.340. The Morgan fingerprint density at radius 3 is 2.53 bits per heavy atom. The maximum atomic E-state index is 5.46. The van der Waals surface area contributed by atoms with E-state index < -0.39 is 0 Å². The molecular weight excluding hydrogens is 188 g/mol. The predicted molar refractivity (Wildman–Crippen MR) is 59.2 cm³/mol. The first-order valence-electron chi connectivity index (χ1n) is 5.07.